The van der Waals surface area contributed by atoms with Gasteiger partial charge in [-0.2, -0.15) is 0 Å². The molecule has 1 N–H and O–H groups in total. The third-order valence-corrected chi connectivity index (χ3v) is 9.36. The van der Waals surface area contributed by atoms with E-state index in [2.05, 4.69) is 9.72 Å². The van der Waals surface area contributed by atoms with Gasteiger partial charge in [0.2, 0.25) is 0 Å². The maximum atomic E-state index is 13.7. The molecule has 2 heterocycles. The first-order valence-corrected chi connectivity index (χ1v) is 15.3. The molecular formula is C32H35F3N2O4S. The van der Waals surface area contributed by atoms with Crippen molar-refractivity contribution in [1.29, 1.82) is 0 Å². The number of rotatable bonds is 10. The van der Waals surface area contributed by atoms with E-state index in [0.717, 1.165) is 60.5 Å². The van der Waals surface area contributed by atoms with E-state index in [1.807, 2.05) is 42.6 Å². The van der Waals surface area contributed by atoms with Crippen molar-refractivity contribution < 1.29 is 32.6 Å². The molecule has 2 fully saturated rings. The molecule has 0 unspecified atom stereocenters. The summed E-state index contributed by atoms with van der Waals surface area (Å²) in [5, 5.41) is 14.0. The zero-order chi connectivity index (χ0) is 29.9. The summed E-state index contributed by atoms with van der Waals surface area (Å²) >= 11 is 1.45. The number of alkyl halides is 3. The number of ketones is 1. The fraction of sp³-hybridized carbons (Fsp3) is 0.469. The lowest BCUT2D eigenvalue weighted by Gasteiger charge is -2.27. The third kappa shape index (κ3) is 7.39. The number of carbonyl (C=O) groups excluding carboxylic acids is 2. The van der Waals surface area contributed by atoms with Crippen molar-refractivity contribution >= 4 is 23.0 Å². The summed E-state index contributed by atoms with van der Waals surface area (Å²) in [6.45, 7) is 2.30. The maximum absolute atomic E-state index is 13.7. The van der Waals surface area contributed by atoms with Crippen molar-refractivity contribution in [2.75, 3.05) is 6.54 Å². The molecule has 2 aliphatic rings. The largest absolute Gasteiger partial charge is 0.573 e. The Morgan fingerprint density at radius 3 is 2.45 bits per heavy atom. The van der Waals surface area contributed by atoms with Crippen LogP contribution in [0.2, 0.25) is 0 Å². The summed E-state index contributed by atoms with van der Waals surface area (Å²) in [7, 11) is 0. The van der Waals surface area contributed by atoms with Crippen LogP contribution < -0.4 is 4.74 Å². The molecular weight excluding hydrogens is 565 g/mol. The van der Waals surface area contributed by atoms with Crippen molar-refractivity contribution in [3.8, 4) is 5.75 Å². The van der Waals surface area contributed by atoms with Gasteiger partial charge in [-0.25, -0.2) is 4.98 Å². The number of halogens is 3. The van der Waals surface area contributed by atoms with E-state index in [-0.39, 0.29) is 29.5 Å². The number of carbonyl (C=O) groups is 2. The minimum Gasteiger partial charge on any atom is -0.406 e. The molecule has 1 saturated carbocycles. The molecule has 0 radical (unpaired) electrons. The van der Waals surface area contributed by atoms with Gasteiger partial charge in [0.25, 0.3) is 5.91 Å². The average Bonchev–Trinajstić information content (AvgIpc) is 3.73. The van der Waals surface area contributed by atoms with Crippen molar-refractivity contribution in [3.05, 3.63) is 81.3 Å². The SMILES string of the molecule is Cc1csc([C@H]2CCCN2C(=O)c2cc(OC(F)(F)F)cc(C(=O)C[C@@H](Cc3ccccc3)[C@H](O)C3CCCC3)c2)n1. The summed E-state index contributed by atoms with van der Waals surface area (Å²) in [4.78, 5) is 33.5. The lowest BCUT2D eigenvalue weighted by Crippen LogP contribution is -2.32. The highest BCUT2D eigenvalue weighted by molar-refractivity contribution is 7.09. The number of amides is 1. The number of hydrogen-bond acceptors (Lipinski definition) is 6. The minimum absolute atomic E-state index is 0.0439. The van der Waals surface area contributed by atoms with E-state index < -0.39 is 35.8 Å². The quantitative estimate of drug-likeness (QED) is 0.247. The number of hydrogen-bond donors (Lipinski definition) is 1. The summed E-state index contributed by atoms with van der Waals surface area (Å²) in [5.41, 5.74) is 1.72. The van der Waals surface area contributed by atoms with Gasteiger partial charge in [-0.05, 0) is 74.6 Å². The topological polar surface area (TPSA) is 79.7 Å². The number of aliphatic hydroxyl groups excluding tert-OH is 1. The van der Waals surface area contributed by atoms with Crippen LogP contribution in [0, 0.1) is 18.8 Å². The van der Waals surface area contributed by atoms with E-state index >= 15 is 0 Å². The molecule has 1 aromatic heterocycles. The second-order valence-corrected chi connectivity index (χ2v) is 12.3. The summed E-state index contributed by atoms with van der Waals surface area (Å²) in [6.07, 6.45) is -0.0957. The molecule has 1 aliphatic carbocycles. The molecule has 2 aromatic carbocycles. The zero-order valence-electron chi connectivity index (χ0n) is 23.5. The molecule has 1 aliphatic heterocycles. The molecule has 6 nitrogen and oxygen atoms in total. The number of thiazole rings is 1. The molecule has 1 amide bonds. The van der Waals surface area contributed by atoms with Crippen LogP contribution in [0.4, 0.5) is 13.2 Å². The fourth-order valence-electron chi connectivity index (χ4n) is 6.30. The Balaban J connectivity index is 1.43. The van der Waals surface area contributed by atoms with E-state index in [4.69, 9.17) is 0 Å². The number of aromatic nitrogens is 1. The van der Waals surface area contributed by atoms with Crippen molar-refractivity contribution in [1.82, 2.24) is 9.88 Å². The molecule has 224 valence electrons. The highest BCUT2D eigenvalue weighted by atomic mass is 32.1. The van der Waals surface area contributed by atoms with Crippen LogP contribution in [0.5, 0.6) is 5.75 Å². The van der Waals surface area contributed by atoms with Gasteiger partial charge in [0.15, 0.2) is 5.78 Å². The van der Waals surface area contributed by atoms with Crippen LogP contribution in [0.15, 0.2) is 53.9 Å². The monoisotopic (exact) mass is 600 g/mol. The Kier molecular flexibility index (Phi) is 9.32. The van der Waals surface area contributed by atoms with Gasteiger partial charge in [-0.15, -0.1) is 24.5 Å². The van der Waals surface area contributed by atoms with Crippen LogP contribution in [-0.4, -0.2) is 45.7 Å². The van der Waals surface area contributed by atoms with Crippen molar-refractivity contribution in [2.45, 2.75) is 76.8 Å². The van der Waals surface area contributed by atoms with Crippen molar-refractivity contribution in [3.63, 3.8) is 0 Å². The lowest BCUT2D eigenvalue weighted by molar-refractivity contribution is -0.274. The third-order valence-electron chi connectivity index (χ3n) is 8.30. The number of aliphatic hydroxyl groups is 1. The van der Waals surface area contributed by atoms with Gasteiger partial charge in [-0.3, -0.25) is 9.59 Å². The number of nitrogens with zero attached hydrogens (tertiary/aromatic N) is 2. The molecule has 5 rings (SSSR count). The van der Waals surface area contributed by atoms with E-state index in [1.165, 1.54) is 17.4 Å². The van der Waals surface area contributed by atoms with Gasteiger partial charge in [0.1, 0.15) is 10.8 Å². The Labute approximate surface area is 247 Å². The fourth-order valence-corrected chi connectivity index (χ4v) is 7.25. The summed E-state index contributed by atoms with van der Waals surface area (Å²) in [5.74, 6) is -1.88. The predicted octanol–water partition coefficient (Wildman–Crippen LogP) is 7.31. The number of benzene rings is 2. The molecule has 42 heavy (non-hydrogen) atoms. The van der Waals surface area contributed by atoms with Gasteiger partial charge in [-0.1, -0.05) is 43.2 Å². The number of aryl methyl sites for hydroxylation is 1. The summed E-state index contributed by atoms with van der Waals surface area (Å²) in [6, 6.07) is 12.7. The van der Waals surface area contributed by atoms with Gasteiger partial charge in [0.05, 0.1) is 12.1 Å². The van der Waals surface area contributed by atoms with E-state index in [1.54, 1.807) is 4.90 Å². The Morgan fingerprint density at radius 2 is 1.79 bits per heavy atom. The summed E-state index contributed by atoms with van der Waals surface area (Å²) < 4.78 is 44.1. The normalized spacial score (nSPS) is 19.2. The zero-order valence-corrected chi connectivity index (χ0v) is 24.3. The highest BCUT2D eigenvalue weighted by Gasteiger charge is 2.36. The van der Waals surface area contributed by atoms with Crippen LogP contribution in [0.1, 0.15) is 88.0 Å². The molecule has 3 aromatic rings. The first kappa shape index (κ1) is 30.2. The predicted molar refractivity (Wildman–Crippen MR) is 154 cm³/mol. The Morgan fingerprint density at radius 1 is 1.07 bits per heavy atom. The second-order valence-electron chi connectivity index (χ2n) is 11.4. The van der Waals surface area contributed by atoms with Crippen LogP contribution in [0.25, 0.3) is 0 Å². The molecule has 0 spiro atoms. The van der Waals surface area contributed by atoms with Gasteiger partial charge < -0.3 is 14.7 Å². The Bertz CT molecular complexity index is 1390. The molecule has 3 atom stereocenters. The van der Waals surface area contributed by atoms with E-state index in [9.17, 15) is 27.9 Å². The molecule has 1 saturated heterocycles. The first-order valence-electron chi connectivity index (χ1n) is 14.5. The first-order chi connectivity index (χ1) is 20.1. The number of likely N-dealkylation sites (tertiary alicyclic amines) is 1. The van der Waals surface area contributed by atoms with Crippen LogP contribution >= 0.6 is 11.3 Å². The highest BCUT2D eigenvalue weighted by Crippen LogP contribution is 2.37. The van der Waals surface area contributed by atoms with E-state index in [0.29, 0.717) is 19.4 Å². The average molecular weight is 601 g/mol. The standard InChI is InChI=1S/C32H35F3N2O4S/c1-20-19-42-30(36-20)27-12-7-13-37(27)31(40)25-15-23(16-26(17-25)41-32(33,34)35)28(38)18-24(14-21-8-3-2-4-9-21)29(39)22-10-5-6-11-22/h2-4,8-9,15-17,19,22,24,27,29,39H,5-7,10-14,18H2,1H3/t24-,27-,29-/m1/s1. The minimum atomic E-state index is -4.99. The van der Waals surface area contributed by atoms with Gasteiger partial charge >= 0.3 is 6.36 Å². The van der Waals surface area contributed by atoms with Crippen LogP contribution in [0.3, 0.4) is 0 Å². The molecule has 10 heteroatoms. The Hall–Kier alpha value is -3.24. The number of Topliss-reactive ketones (excluding diaryl/α,β-unsaturated/α-hetero) is 1. The van der Waals surface area contributed by atoms with Crippen LogP contribution in [-0.2, 0) is 6.42 Å². The maximum Gasteiger partial charge on any atom is 0.573 e. The lowest BCUT2D eigenvalue weighted by atomic mass is 9.81. The second kappa shape index (κ2) is 13.0. The number of ether oxygens (including phenoxy) is 1. The van der Waals surface area contributed by atoms with Gasteiger partial charge in [0, 0.05) is 35.2 Å². The molecule has 0 bridgehead atoms. The van der Waals surface area contributed by atoms with Crippen molar-refractivity contribution in [2.24, 2.45) is 11.8 Å². The smallest absolute Gasteiger partial charge is 0.406 e.